The molecule has 1 heterocycles. The van der Waals surface area contributed by atoms with E-state index in [9.17, 15) is 29.4 Å². The Morgan fingerprint density at radius 2 is 0.870 bits per heavy atom. The van der Waals surface area contributed by atoms with E-state index in [0.29, 0.717) is 35.9 Å². The summed E-state index contributed by atoms with van der Waals surface area (Å²) in [5.74, 6) is -1.04. The number of aromatic nitrogens is 1. The molecule has 1 unspecified atom stereocenters. The van der Waals surface area contributed by atoms with Crippen LogP contribution < -0.4 is 10.4 Å². The van der Waals surface area contributed by atoms with E-state index in [0.717, 1.165) is 146 Å². The number of ether oxygens (including phenoxy) is 3. The third-order valence-electron chi connectivity index (χ3n) is 16.2. The summed E-state index contributed by atoms with van der Waals surface area (Å²) >= 11 is 0. The Morgan fingerprint density at radius 3 is 1.32 bits per heavy atom. The number of allylic oxidation sites excluding steroid dienone is 12. The van der Waals surface area contributed by atoms with Crippen molar-refractivity contribution in [2.75, 3.05) is 13.2 Å². The van der Waals surface area contributed by atoms with Gasteiger partial charge in [-0.25, -0.2) is 0 Å². The molecule has 0 bridgehead atoms. The molecule has 92 heavy (non-hydrogen) atoms. The van der Waals surface area contributed by atoms with Crippen molar-refractivity contribution in [3.63, 3.8) is 0 Å². The number of aromatic amines is 1. The van der Waals surface area contributed by atoms with Gasteiger partial charge in [-0.2, -0.15) is 4.99 Å². The second-order valence-electron chi connectivity index (χ2n) is 26.9. The van der Waals surface area contributed by atoms with Crippen molar-refractivity contribution in [3.8, 4) is 5.75 Å². The monoisotopic (exact) mass is 1270 g/mol. The van der Waals surface area contributed by atoms with Crippen LogP contribution in [-0.2, 0) is 39.4 Å². The Kier molecular flexibility index (Phi) is 46.4. The number of carbonyl (C=O) groups is 3. The summed E-state index contributed by atoms with van der Waals surface area (Å²) in [6, 6.07) is 10.7. The normalized spacial score (nSPS) is 12.8. The molecule has 0 saturated carbocycles. The van der Waals surface area contributed by atoms with Crippen LogP contribution >= 0.6 is 0 Å². The van der Waals surface area contributed by atoms with Crippen molar-refractivity contribution in [1.29, 1.82) is 0 Å². The number of aromatic hydroxyl groups is 1. The zero-order chi connectivity index (χ0) is 67.3. The summed E-state index contributed by atoms with van der Waals surface area (Å²) in [6.07, 6.45) is 66.0. The molecule has 0 spiro atoms. The molecule has 1 aromatic heterocycles. The van der Waals surface area contributed by atoms with E-state index < -0.39 is 6.10 Å². The number of fused-ring (bicyclic) bond motifs is 1. The fourth-order valence-corrected chi connectivity index (χ4v) is 10.6. The minimum atomic E-state index is -0.794. The number of H-pyrrole nitrogens is 1. The number of hydrogen-bond acceptors (Lipinski definition) is 8. The molecule has 11 nitrogen and oxygen atoms in total. The number of benzene rings is 2. The first-order valence-corrected chi connectivity index (χ1v) is 36.1. The van der Waals surface area contributed by atoms with Crippen LogP contribution in [0.4, 0.5) is 5.69 Å². The molecule has 0 fully saturated rings. The van der Waals surface area contributed by atoms with Gasteiger partial charge in [0.15, 0.2) is 11.7 Å². The molecule has 0 aliphatic carbocycles. The van der Waals surface area contributed by atoms with Crippen LogP contribution in [-0.4, -0.2) is 58.3 Å². The molecular weight excluding hydrogens is 1140 g/mol. The molecular formula is C81H127N2O9+. The first-order chi connectivity index (χ1) is 44.4. The summed E-state index contributed by atoms with van der Waals surface area (Å²) in [5, 5.41) is 21.8. The van der Waals surface area contributed by atoms with Gasteiger partial charge in [-0.15, -0.1) is 0 Å². The summed E-state index contributed by atoms with van der Waals surface area (Å²) in [5.41, 5.74) is 2.43. The Labute approximate surface area is 558 Å². The number of aliphatic hydroxyl groups is 1. The molecule has 0 saturated heterocycles. The van der Waals surface area contributed by atoms with Crippen LogP contribution in [0.25, 0.3) is 10.9 Å². The molecule has 3 rings (SSSR count). The van der Waals surface area contributed by atoms with E-state index in [4.69, 9.17) is 14.2 Å². The zero-order valence-corrected chi connectivity index (χ0v) is 59.2. The minimum absolute atomic E-state index is 0.0933. The van der Waals surface area contributed by atoms with Crippen LogP contribution in [0.3, 0.4) is 0 Å². The Hall–Kier alpha value is -6.23. The molecule has 11 heteroatoms. The maximum atomic E-state index is 12.8. The zero-order valence-electron chi connectivity index (χ0n) is 59.2. The number of carbonyl (C=O) groups excluding carboxylic acids is 3. The highest BCUT2D eigenvalue weighted by molar-refractivity contribution is 5.92. The molecule has 0 aliphatic heterocycles. The van der Waals surface area contributed by atoms with Crippen LogP contribution in [0.15, 0.2) is 120 Å². The lowest BCUT2D eigenvalue weighted by Crippen LogP contribution is -2.68. The SMILES string of the molecule is CC(C)(C)c1cc(C(C)(C)C)c([NH+]=C(O)c2c[nH]c3ccccc3c2=O)cc1O.CCCC/C=C\C/C=C\CCCCCCCC(=O)OC(COC(=O)CCCCCCC/C=C\C/C=C\CCCCC)COC(=O)CCCCCCC/C=C\C/C=C\CCCCCC. The molecule has 514 valence electrons. The highest BCUT2D eigenvalue weighted by Gasteiger charge is 2.29. The maximum absolute atomic E-state index is 12.8. The number of pyridine rings is 1. The number of nitrogens with one attached hydrogen (secondary N) is 2. The van der Waals surface area contributed by atoms with Crippen molar-refractivity contribution in [1.82, 2.24) is 4.98 Å². The van der Waals surface area contributed by atoms with Crippen molar-refractivity contribution < 1.29 is 43.8 Å². The first-order valence-electron chi connectivity index (χ1n) is 36.1. The van der Waals surface area contributed by atoms with Gasteiger partial charge in [-0.3, -0.25) is 19.2 Å². The van der Waals surface area contributed by atoms with Gasteiger partial charge >= 0.3 is 23.8 Å². The number of rotatable bonds is 49. The molecule has 0 radical (unpaired) electrons. The average molecular weight is 1270 g/mol. The van der Waals surface area contributed by atoms with Gasteiger partial charge in [0.2, 0.25) is 11.1 Å². The highest BCUT2D eigenvalue weighted by Crippen LogP contribution is 2.38. The standard InChI is InChI=1S/C57H98O6.C24H28N2O3/c1-4-7-10-13-16-19-22-25-28-30-33-35-38-41-44-47-50-56(59)62-53-54(63-57(60)51-48-45-42-39-36-31-27-24-21-18-15-12-9-6-3)52-61-55(58)49-46-43-40-37-34-32-29-26-23-20-17-14-11-8-5-2;1-23(2,3)16-11-17(24(4,5)6)20(27)12-19(16)26-22(29)15-13-25-18-10-8-7-9-14(18)21(15)28/h15,17-20,22,24,26-30,54H,4-14,16,21,23,25,31-53H2,1-3H3;7-13,27H,1-6H3,(H,25,28)(H,26,29)/p+1/b18-15-,20-17-,22-19-,27-24-,29-26-,30-28-;. The lowest BCUT2D eigenvalue weighted by Gasteiger charge is -2.25. The highest BCUT2D eigenvalue weighted by atomic mass is 16.6. The van der Waals surface area contributed by atoms with Gasteiger partial charge in [0.05, 0.1) is 6.07 Å². The maximum Gasteiger partial charge on any atom is 0.377 e. The number of phenolic OH excluding ortho intramolecular Hbond substituents is 1. The van der Waals surface area contributed by atoms with Gasteiger partial charge in [-0.1, -0.05) is 250 Å². The second kappa shape index (κ2) is 52.2. The lowest BCUT2D eigenvalue weighted by atomic mass is 9.79. The third kappa shape index (κ3) is 40.7. The van der Waals surface area contributed by atoms with Crippen LogP contribution in [0.1, 0.15) is 310 Å². The molecule has 4 N–H and O–H groups in total. The fraction of sp³-hybridized carbons (Fsp3) is 0.617. The number of para-hydroxylation sites is 1. The minimum Gasteiger partial charge on any atom is -0.507 e. The van der Waals surface area contributed by atoms with Crippen LogP contribution in [0.5, 0.6) is 5.75 Å². The first kappa shape index (κ1) is 81.9. The van der Waals surface area contributed by atoms with E-state index >= 15 is 0 Å². The second-order valence-corrected chi connectivity index (χ2v) is 26.9. The topological polar surface area (TPSA) is 166 Å². The van der Waals surface area contributed by atoms with Crippen LogP contribution in [0.2, 0.25) is 0 Å². The lowest BCUT2D eigenvalue weighted by molar-refractivity contribution is -0.365. The average Bonchev–Trinajstić information content (AvgIpc) is 0.833. The van der Waals surface area contributed by atoms with Crippen molar-refractivity contribution >= 4 is 40.4 Å². The Morgan fingerprint density at radius 1 is 0.489 bits per heavy atom. The molecule has 1 atom stereocenters. The summed E-state index contributed by atoms with van der Waals surface area (Å²) in [7, 11) is 0. The summed E-state index contributed by atoms with van der Waals surface area (Å²) < 4.78 is 16.8. The Balaban J connectivity index is 0.000000815. The largest absolute Gasteiger partial charge is 0.507 e. The summed E-state index contributed by atoms with van der Waals surface area (Å²) in [6.45, 7) is 18.8. The molecule has 3 aromatic rings. The number of esters is 3. The van der Waals surface area contributed by atoms with Gasteiger partial charge < -0.3 is 29.4 Å². The van der Waals surface area contributed by atoms with E-state index in [-0.39, 0.29) is 64.6 Å². The van der Waals surface area contributed by atoms with E-state index in [2.05, 4.69) is 124 Å². The van der Waals surface area contributed by atoms with Gasteiger partial charge in [0.25, 0.3) is 0 Å². The molecule has 2 aromatic carbocycles. The number of phenols is 1. The molecule has 0 aliphatic rings. The predicted molar refractivity (Wildman–Crippen MR) is 387 cm³/mol. The summed E-state index contributed by atoms with van der Waals surface area (Å²) in [4.78, 5) is 56.8. The smallest absolute Gasteiger partial charge is 0.377 e. The van der Waals surface area contributed by atoms with E-state index in [1.807, 2.05) is 39.0 Å². The number of unbranched alkanes of at least 4 members (excludes halogenated alkanes) is 24. The van der Waals surface area contributed by atoms with E-state index in [1.54, 1.807) is 18.2 Å². The fourth-order valence-electron chi connectivity index (χ4n) is 10.6. The van der Waals surface area contributed by atoms with Gasteiger partial charge in [0, 0.05) is 47.5 Å². The third-order valence-corrected chi connectivity index (χ3v) is 16.2. The van der Waals surface area contributed by atoms with Crippen molar-refractivity contribution in [2.24, 2.45) is 0 Å². The van der Waals surface area contributed by atoms with Crippen molar-refractivity contribution in [2.45, 2.75) is 310 Å². The molecule has 0 amide bonds. The van der Waals surface area contributed by atoms with Gasteiger partial charge in [0.1, 0.15) is 19.0 Å². The predicted octanol–water partition coefficient (Wildman–Crippen LogP) is 21.0. The number of hydrogen-bond donors (Lipinski definition) is 4. The van der Waals surface area contributed by atoms with Crippen molar-refractivity contribution in [3.05, 3.63) is 142 Å². The number of aliphatic hydroxyl groups excluding tert-OH is 1. The Bertz CT molecular complexity index is 2730. The van der Waals surface area contributed by atoms with Gasteiger partial charge in [-0.05, 0) is 138 Å². The van der Waals surface area contributed by atoms with E-state index in [1.165, 1.54) is 83.2 Å². The van der Waals surface area contributed by atoms with Crippen LogP contribution in [0, 0.1) is 0 Å². The quantitative estimate of drug-likeness (QED) is 0.0107.